The first-order valence-electron chi connectivity index (χ1n) is 9.13. The fraction of sp³-hybridized carbons (Fsp3) is 0.286. The molecule has 7 heteroatoms. The second-order valence-electron chi connectivity index (χ2n) is 6.63. The zero-order valence-corrected chi connectivity index (χ0v) is 17.9. The van der Waals surface area contributed by atoms with Gasteiger partial charge in [0.15, 0.2) is 11.0 Å². The van der Waals surface area contributed by atoms with Gasteiger partial charge in [0.1, 0.15) is 0 Å². The third-order valence-corrected chi connectivity index (χ3v) is 5.92. The van der Waals surface area contributed by atoms with Crippen LogP contribution in [0.5, 0.6) is 0 Å². The second-order valence-corrected chi connectivity index (χ2v) is 8.34. The molecule has 28 heavy (non-hydrogen) atoms. The van der Waals surface area contributed by atoms with E-state index in [1.165, 1.54) is 11.8 Å². The van der Waals surface area contributed by atoms with Crippen LogP contribution in [-0.4, -0.2) is 25.9 Å². The second kappa shape index (κ2) is 8.80. The van der Waals surface area contributed by atoms with E-state index in [1.807, 2.05) is 74.7 Å². The first-order chi connectivity index (χ1) is 13.4. The summed E-state index contributed by atoms with van der Waals surface area (Å²) >= 11 is 7.66. The Morgan fingerprint density at radius 3 is 2.54 bits per heavy atom. The van der Waals surface area contributed by atoms with Crippen LogP contribution in [0.1, 0.15) is 25.0 Å². The molecule has 1 N–H and O–H groups in total. The molecule has 5 nitrogen and oxygen atoms in total. The number of carbonyl (C=O) groups excluding carboxylic acids is 1. The third-order valence-electron chi connectivity index (χ3n) is 4.43. The number of nitrogens with one attached hydrogen (secondary N) is 1. The van der Waals surface area contributed by atoms with Crippen molar-refractivity contribution in [1.82, 2.24) is 14.8 Å². The van der Waals surface area contributed by atoms with Gasteiger partial charge >= 0.3 is 0 Å². The minimum Gasteiger partial charge on any atom is -0.325 e. The van der Waals surface area contributed by atoms with Gasteiger partial charge in [-0.1, -0.05) is 53.2 Å². The molecule has 146 valence electrons. The number of aryl methyl sites for hydroxylation is 2. The van der Waals surface area contributed by atoms with Crippen molar-refractivity contribution in [3.05, 3.63) is 58.6 Å². The summed E-state index contributed by atoms with van der Waals surface area (Å²) in [6, 6.07) is 13.6. The van der Waals surface area contributed by atoms with Gasteiger partial charge in [0.25, 0.3) is 0 Å². The normalized spacial score (nSPS) is 12.0. The molecular formula is C21H23ClN4OS. The number of nitrogens with zero attached hydrogens (tertiary/aromatic N) is 3. The monoisotopic (exact) mass is 414 g/mol. The molecule has 3 aromatic rings. The largest absolute Gasteiger partial charge is 0.325 e. The van der Waals surface area contributed by atoms with Crippen molar-refractivity contribution >= 4 is 35.0 Å². The van der Waals surface area contributed by atoms with E-state index in [1.54, 1.807) is 0 Å². The fourth-order valence-electron chi connectivity index (χ4n) is 2.70. The van der Waals surface area contributed by atoms with Gasteiger partial charge in [-0.3, -0.25) is 4.79 Å². The zero-order valence-electron chi connectivity index (χ0n) is 16.4. The van der Waals surface area contributed by atoms with E-state index in [0.717, 1.165) is 28.2 Å². The molecule has 0 spiro atoms. The Kier molecular flexibility index (Phi) is 6.42. The van der Waals surface area contributed by atoms with Crippen molar-refractivity contribution < 1.29 is 4.79 Å². The van der Waals surface area contributed by atoms with Crippen molar-refractivity contribution in [2.24, 2.45) is 0 Å². The summed E-state index contributed by atoms with van der Waals surface area (Å²) in [6.45, 7) is 8.57. The van der Waals surface area contributed by atoms with Crippen molar-refractivity contribution in [3.63, 3.8) is 0 Å². The maximum absolute atomic E-state index is 12.6. The number of anilines is 1. The topological polar surface area (TPSA) is 59.8 Å². The van der Waals surface area contributed by atoms with Gasteiger partial charge in [-0.05, 0) is 51.5 Å². The number of aromatic nitrogens is 3. The quantitative estimate of drug-likeness (QED) is 0.552. The lowest BCUT2D eigenvalue weighted by Gasteiger charge is -2.13. The number of hydrogen-bond donors (Lipinski definition) is 1. The highest BCUT2D eigenvalue weighted by molar-refractivity contribution is 8.00. The van der Waals surface area contributed by atoms with E-state index in [-0.39, 0.29) is 11.2 Å². The molecule has 0 saturated carbocycles. The van der Waals surface area contributed by atoms with E-state index in [9.17, 15) is 4.79 Å². The van der Waals surface area contributed by atoms with Gasteiger partial charge in [0, 0.05) is 22.8 Å². The Morgan fingerprint density at radius 1 is 1.18 bits per heavy atom. The number of thioether (sulfide) groups is 1. The molecule has 1 amide bonds. The van der Waals surface area contributed by atoms with Gasteiger partial charge in [-0.15, -0.1) is 10.2 Å². The van der Waals surface area contributed by atoms with Crippen molar-refractivity contribution in [2.75, 3.05) is 5.32 Å². The minimum absolute atomic E-state index is 0.0700. The summed E-state index contributed by atoms with van der Waals surface area (Å²) in [7, 11) is 0. The highest BCUT2D eigenvalue weighted by atomic mass is 35.5. The molecule has 0 bridgehead atoms. The van der Waals surface area contributed by atoms with Gasteiger partial charge in [-0.25, -0.2) is 0 Å². The number of rotatable bonds is 6. The van der Waals surface area contributed by atoms with Crippen molar-refractivity contribution in [3.8, 4) is 11.4 Å². The molecule has 0 saturated heterocycles. The molecule has 0 aliphatic rings. The Hall–Kier alpha value is -2.31. The van der Waals surface area contributed by atoms with Crippen LogP contribution in [-0.2, 0) is 11.3 Å². The van der Waals surface area contributed by atoms with E-state index >= 15 is 0 Å². The molecule has 1 atom stereocenters. The van der Waals surface area contributed by atoms with Crippen LogP contribution < -0.4 is 5.32 Å². The van der Waals surface area contributed by atoms with Crippen molar-refractivity contribution in [2.45, 2.75) is 44.6 Å². The molecule has 0 fully saturated rings. The SMILES string of the molecule is CCn1c(SC(C)C(=O)Nc2ccc(C)cc2)nnc1-c1ccc(C)c(Cl)c1. The van der Waals surface area contributed by atoms with Gasteiger partial charge in [-0.2, -0.15) is 0 Å². The van der Waals surface area contributed by atoms with E-state index in [2.05, 4.69) is 15.5 Å². The first kappa shape index (κ1) is 20.4. The summed E-state index contributed by atoms with van der Waals surface area (Å²) in [5, 5.41) is 12.7. The summed E-state index contributed by atoms with van der Waals surface area (Å²) in [5.74, 6) is 0.678. The molecule has 1 aromatic heterocycles. The average molecular weight is 415 g/mol. The maximum Gasteiger partial charge on any atom is 0.237 e. The van der Waals surface area contributed by atoms with Crippen LogP contribution in [0.25, 0.3) is 11.4 Å². The molecular weight excluding hydrogens is 392 g/mol. The Bertz CT molecular complexity index is 985. The molecule has 1 unspecified atom stereocenters. The number of benzene rings is 2. The zero-order chi connectivity index (χ0) is 20.3. The number of carbonyl (C=O) groups is 1. The highest BCUT2D eigenvalue weighted by Gasteiger charge is 2.20. The lowest BCUT2D eigenvalue weighted by molar-refractivity contribution is -0.115. The van der Waals surface area contributed by atoms with Crippen LogP contribution >= 0.6 is 23.4 Å². The summed E-state index contributed by atoms with van der Waals surface area (Å²) < 4.78 is 2.00. The molecule has 1 heterocycles. The Morgan fingerprint density at radius 2 is 1.89 bits per heavy atom. The number of amides is 1. The molecule has 0 radical (unpaired) electrons. The van der Waals surface area contributed by atoms with Gasteiger partial charge in [0.2, 0.25) is 5.91 Å². The highest BCUT2D eigenvalue weighted by Crippen LogP contribution is 2.29. The number of hydrogen-bond acceptors (Lipinski definition) is 4. The predicted octanol–water partition coefficient (Wildman–Crippen LogP) is 5.35. The lowest BCUT2D eigenvalue weighted by Crippen LogP contribution is -2.22. The van der Waals surface area contributed by atoms with Gasteiger partial charge < -0.3 is 9.88 Å². The molecule has 0 aliphatic heterocycles. The first-order valence-corrected chi connectivity index (χ1v) is 10.4. The smallest absolute Gasteiger partial charge is 0.237 e. The molecule has 2 aromatic carbocycles. The Balaban J connectivity index is 1.76. The van der Waals surface area contributed by atoms with E-state index in [4.69, 9.17) is 11.6 Å². The summed E-state index contributed by atoms with van der Waals surface area (Å²) in [4.78, 5) is 12.6. The fourth-order valence-corrected chi connectivity index (χ4v) is 3.79. The lowest BCUT2D eigenvalue weighted by atomic mass is 10.1. The average Bonchev–Trinajstić information content (AvgIpc) is 3.08. The summed E-state index contributed by atoms with van der Waals surface area (Å²) in [5.41, 5.74) is 3.87. The van der Waals surface area contributed by atoms with Gasteiger partial charge in [0.05, 0.1) is 5.25 Å². The Labute approximate surface area is 174 Å². The van der Waals surface area contributed by atoms with Crippen LogP contribution in [0.4, 0.5) is 5.69 Å². The number of halogens is 1. The predicted molar refractivity (Wildman–Crippen MR) is 116 cm³/mol. The van der Waals surface area contributed by atoms with Crippen LogP contribution in [0.3, 0.4) is 0 Å². The van der Waals surface area contributed by atoms with Crippen LogP contribution in [0.2, 0.25) is 5.02 Å². The van der Waals surface area contributed by atoms with Crippen molar-refractivity contribution in [1.29, 1.82) is 0 Å². The molecule has 3 rings (SSSR count). The van der Waals surface area contributed by atoms with Crippen LogP contribution in [0.15, 0.2) is 47.6 Å². The van der Waals surface area contributed by atoms with Crippen LogP contribution in [0, 0.1) is 13.8 Å². The standard InChI is InChI=1S/C21H23ClN4OS/c1-5-26-19(16-9-8-14(3)18(22)12-16)24-25-21(26)28-15(4)20(27)23-17-10-6-13(2)7-11-17/h6-12,15H,5H2,1-4H3,(H,23,27). The summed E-state index contributed by atoms with van der Waals surface area (Å²) in [6.07, 6.45) is 0. The van der Waals surface area contributed by atoms with E-state index in [0.29, 0.717) is 16.7 Å². The maximum atomic E-state index is 12.6. The minimum atomic E-state index is -0.315. The third kappa shape index (κ3) is 4.56. The van der Waals surface area contributed by atoms with E-state index < -0.39 is 0 Å². The molecule has 0 aliphatic carbocycles.